The summed E-state index contributed by atoms with van der Waals surface area (Å²) in [5.41, 5.74) is 1.12. The van der Waals surface area contributed by atoms with Crippen LogP contribution in [0.2, 0.25) is 0 Å². The first kappa shape index (κ1) is 21.2. The van der Waals surface area contributed by atoms with Crippen LogP contribution < -0.4 is 10.1 Å². The van der Waals surface area contributed by atoms with E-state index in [0.29, 0.717) is 17.8 Å². The number of hydrogen-bond acceptors (Lipinski definition) is 4. The van der Waals surface area contributed by atoms with Gasteiger partial charge in [-0.05, 0) is 18.2 Å². The van der Waals surface area contributed by atoms with Crippen molar-refractivity contribution < 1.29 is 32.6 Å². The van der Waals surface area contributed by atoms with Gasteiger partial charge in [0.15, 0.2) is 0 Å². The summed E-state index contributed by atoms with van der Waals surface area (Å²) in [7, 11) is 0. The monoisotopic (exact) mass is 446 g/mol. The number of H-pyrrole nitrogens is 1. The number of nitrogens with one attached hydrogen (secondary N) is 2. The largest absolute Gasteiger partial charge is 0.573 e. The van der Waals surface area contributed by atoms with E-state index >= 15 is 0 Å². The molecule has 8 nitrogen and oxygen atoms in total. The number of nitrogens with zero attached hydrogens (tertiary/aromatic N) is 2. The van der Waals surface area contributed by atoms with Gasteiger partial charge in [0.1, 0.15) is 11.8 Å². The van der Waals surface area contributed by atoms with Crippen LogP contribution >= 0.6 is 0 Å². The number of carboxylic acid groups (broad SMARTS) is 1. The van der Waals surface area contributed by atoms with Crippen LogP contribution in [0.4, 0.5) is 23.7 Å². The van der Waals surface area contributed by atoms with Crippen LogP contribution in [0.15, 0.2) is 54.9 Å². The number of amides is 2. The summed E-state index contributed by atoms with van der Waals surface area (Å²) in [6.45, 7) is 0.154. The van der Waals surface area contributed by atoms with Gasteiger partial charge in [-0.15, -0.1) is 13.2 Å². The molecule has 4 rings (SSSR count). The number of benzene rings is 2. The zero-order valence-corrected chi connectivity index (χ0v) is 16.4. The molecule has 11 heteroatoms. The van der Waals surface area contributed by atoms with Crippen LogP contribution in [-0.2, 0) is 6.42 Å². The van der Waals surface area contributed by atoms with E-state index in [-0.39, 0.29) is 23.4 Å². The molecule has 166 valence electrons. The number of para-hydroxylation sites is 2. The quantitative estimate of drug-likeness (QED) is 0.557. The van der Waals surface area contributed by atoms with Gasteiger partial charge in [-0.2, -0.15) is 0 Å². The standard InChI is InChI=1S/C21H17F3N4O4/c22-21(23,24)32-16-8-4-2-6-13(16)18-17-15(25-11-26-17)9-10-28(18)20(31)27-14-7-3-1-5-12(14)19(29)30/h1-8,11,18H,9-10H2,(H,25,26)(H,27,31)(H,29,30)/t18-/m0/s1. The van der Waals surface area contributed by atoms with Crippen LogP contribution in [0.25, 0.3) is 0 Å². The number of rotatable bonds is 4. The van der Waals surface area contributed by atoms with Crippen LogP contribution in [0.3, 0.4) is 0 Å². The van der Waals surface area contributed by atoms with Crippen molar-refractivity contribution >= 4 is 17.7 Å². The lowest BCUT2D eigenvalue weighted by atomic mass is 9.95. The fraction of sp³-hybridized carbons (Fsp3) is 0.190. The van der Waals surface area contributed by atoms with Crippen molar-refractivity contribution in [1.29, 1.82) is 0 Å². The lowest BCUT2D eigenvalue weighted by Gasteiger charge is -2.36. The Morgan fingerprint density at radius 2 is 1.88 bits per heavy atom. The molecule has 0 saturated carbocycles. The number of carboxylic acids is 1. The Labute approximate surface area is 179 Å². The highest BCUT2D eigenvalue weighted by molar-refractivity contribution is 6.00. The van der Waals surface area contributed by atoms with Crippen LogP contribution in [0.5, 0.6) is 5.75 Å². The van der Waals surface area contributed by atoms with Gasteiger partial charge in [0.25, 0.3) is 0 Å². The fourth-order valence-electron chi connectivity index (χ4n) is 3.70. The number of aromatic nitrogens is 2. The zero-order chi connectivity index (χ0) is 22.9. The number of carbonyl (C=O) groups is 2. The number of urea groups is 1. The van der Waals surface area contributed by atoms with Crippen molar-refractivity contribution in [2.24, 2.45) is 0 Å². The molecule has 2 amide bonds. The van der Waals surface area contributed by atoms with Gasteiger partial charge < -0.3 is 25.0 Å². The molecule has 1 aliphatic rings. The number of aromatic carboxylic acids is 1. The first-order valence-electron chi connectivity index (χ1n) is 9.51. The van der Waals surface area contributed by atoms with E-state index in [1.54, 1.807) is 6.07 Å². The van der Waals surface area contributed by atoms with Gasteiger partial charge >= 0.3 is 18.4 Å². The smallest absolute Gasteiger partial charge is 0.478 e. The third-order valence-electron chi connectivity index (χ3n) is 5.02. The normalized spacial score (nSPS) is 15.7. The Morgan fingerprint density at radius 1 is 1.16 bits per heavy atom. The van der Waals surface area contributed by atoms with E-state index in [1.807, 2.05) is 0 Å². The van der Waals surface area contributed by atoms with E-state index in [0.717, 1.165) is 0 Å². The molecule has 0 unspecified atom stereocenters. The van der Waals surface area contributed by atoms with Crippen LogP contribution in [-0.4, -0.2) is 44.9 Å². The molecule has 1 aromatic heterocycles. The topological polar surface area (TPSA) is 108 Å². The first-order chi connectivity index (χ1) is 15.2. The van der Waals surface area contributed by atoms with Crippen molar-refractivity contribution in [3.63, 3.8) is 0 Å². The number of alkyl halides is 3. The molecule has 3 aromatic rings. The average molecular weight is 446 g/mol. The van der Waals surface area contributed by atoms with Gasteiger partial charge in [-0.1, -0.05) is 30.3 Å². The Morgan fingerprint density at radius 3 is 2.62 bits per heavy atom. The number of halogens is 3. The third kappa shape index (κ3) is 4.22. The van der Waals surface area contributed by atoms with Crippen molar-refractivity contribution in [3.05, 3.63) is 77.4 Å². The van der Waals surface area contributed by atoms with Crippen molar-refractivity contribution in [1.82, 2.24) is 14.9 Å². The number of anilines is 1. The molecular weight excluding hydrogens is 429 g/mol. The average Bonchev–Trinajstić information content (AvgIpc) is 3.21. The molecule has 3 N–H and O–H groups in total. The fourth-order valence-corrected chi connectivity index (χ4v) is 3.70. The maximum absolute atomic E-state index is 13.2. The molecule has 1 aliphatic heterocycles. The van der Waals surface area contributed by atoms with Gasteiger partial charge in [0.05, 0.1) is 23.3 Å². The third-order valence-corrected chi connectivity index (χ3v) is 5.02. The zero-order valence-electron chi connectivity index (χ0n) is 16.4. The molecule has 2 aromatic carbocycles. The van der Waals surface area contributed by atoms with Gasteiger partial charge in [0.2, 0.25) is 0 Å². The number of carbonyl (C=O) groups excluding carboxylic acids is 1. The van der Waals surface area contributed by atoms with E-state index < -0.39 is 30.2 Å². The Kier molecular flexibility index (Phi) is 5.47. The molecule has 32 heavy (non-hydrogen) atoms. The molecule has 0 bridgehead atoms. The lowest BCUT2D eigenvalue weighted by Crippen LogP contribution is -2.43. The van der Waals surface area contributed by atoms with E-state index in [4.69, 9.17) is 0 Å². The second-order valence-electron chi connectivity index (χ2n) is 6.98. The SMILES string of the molecule is O=C(O)c1ccccc1NC(=O)N1CCc2[nH]cnc2[C@@H]1c1ccccc1OC(F)(F)F. The number of ether oxygens (including phenoxy) is 1. The molecule has 0 spiro atoms. The predicted octanol–water partition coefficient (Wildman–Crippen LogP) is 4.19. The molecule has 0 saturated heterocycles. The van der Waals surface area contributed by atoms with Crippen molar-refractivity contribution in [2.45, 2.75) is 18.8 Å². The minimum Gasteiger partial charge on any atom is -0.478 e. The second-order valence-corrected chi connectivity index (χ2v) is 6.98. The van der Waals surface area contributed by atoms with Crippen LogP contribution in [0, 0.1) is 0 Å². The number of aromatic amines is 1. The van der Waals surface area contributed by atoms with Gasteiger partial charge in [-0.3, -0.25) is 0 Å². The summed E-state index contributed by atoms with van der Waals surface area (Å²) in [6.07, 6.45) is -3.12. The maximum Gasteiger partial charge on any atom is 0.573 e. The molecule has 2 heterocycles. The molecule has 0 aliphatic carbocycles. The summed E-state index contributed by atoms with van der Waals surface area (Å²) < 4.78 is 43.2. The number of fused-ring (bicyclic) bond motifs is 1. The molecule has 0 radical (unpaired) electrons. The number of imidazole rings is 1. The summed E-state index contributed by atoms with van der Waals surface area (Å²) in [5.74, 6) is -1.68. The second kappa shape index (κ2) is 8.25. The van der Waals surface area contributed by atoms with E-state index in [2.05, 4.69) is 20.0 Å². The maximum atomic E-state index is 13.2. The predicted molar refractivity (Wildman–Crippen MR) is 106 cm³/mol. The highest BCUT2D eigenvalue weighted by Crippen LogP contribution is 2.39. The van der Waals surface area contributed by atoms with Gasteiger partial charge in [-0.25, -0.2) is 14.6 Å². The number of hydrogen-bond donors (Lipinski definition) is 3. The van der Waals surface area contributed by atoms with Crippen molar-refractivity contribution in [3.8, 4) is 5.75 Å². The highest BCUT2D eigenvalue weighted by Gasteiger charge is 2.38. The molecule has 1 atom stereocenters. The summed E-state index contributed by atoms with van der Waals surface area (Å²) in [4.78, 5) is 33.1. The van der Waals surface area contributed by atoms with E-state index in [1.165, 1.54) is 53.7 Å². The van der Waals surface area contributed by atoms with E-state index in [9.17, 15) is 27.9 Å². The Balaban J connectivity index is 1.74. The summed E-state index contributed by atoms with van der Waals surface area (Å²) in [6, 6.07) is 9.71. The van der Waals surface area contributed by atoms with Crippen molar-refractivity contribution in [2.75, 3.05) is 11.9 Å². The highest BCUT2D eigenvalue weighted by atomic mass is 19.4. The lowest BCUT2D eigenvalue weighted by molar-refractivity contribution is -0.275. The minimum absolute atomic E-state index is 0.0661. The molecular formula is C21H17F3N4O4. The Bertz CT molecular complexity index is 1160. The summed E-state index contributed by atoms with van der Waals surface area (Å²) >= 11 is 0. The Hall–Kier alpha value is -4.02. The minimum atomic E-state index is -4.92. The molecule has 0 fully saturated rings. The van der Waals surface area contributed by atoms with Gasteiger partial charge in [0, 0.05) is 24.2 Å². The summed E-state index contributed by atoms with van der Waals surface area (Å²) in [5, 5.41) is 11.9. The first-order valence-corrected chi connectivity index (χ1v) is 9.51. The van der Waals surface area contributed by atoms with Crippen LogP contribution in [0.1, 0.15) is 33.4 Å².